The topological polar surface area (TPSA) is 63.2 Å². The molecule has 0 spiro atoms. The number of amides is 1. The minimum Gasteiger partial charge on any atom is -0.274 e. The first-order chi connectivity index (χ1) is 9.34. The van der Waals surface area contributed by atoms with E-state index in [4.69, 9.17) is 0 Å². The molecule has 0 unspecified atom stereocenters. The van der Waals surface area contributed by atoms with E-state index in [0.29, 0.717) is 12.8 Å². The van der Waals surface area contributed by atoms with E-state index in [1.165, 1.54) is 0 Å². The Morgan fingerprint density at radius 2 is 2.10 bits per heavy atom. The first-order valence-electron chi connectivity index (χ1n) is 6.33. The molecule has 0 aromatic heterocycles. The van der Waals surface area contributed by atoms with E-state index < -0.39 is 39.4 Å². The molecule has 20 heavy (non-hydrogen) atoms. The second-order valence-electron chi connectivity index (χ2n) is 4.90. The zero-order valence-corrected chi connectivity index (χ0v) is 11.7. The van der Waals surface area contributed by atoms with Gasteiger partial charge in [-0.1, -0.05) is 6.92 Å². The van der Waals surface area contributed by atoms with Crippen LogP contribution < -0.4 is 4.72 Å². The van der Waals surface area contributed by atoms with Crippen molar-refractivity contribution in [3.63, 3.8) is 0 Å². The Morgan fingerprint density at radius 3 is 2.75 bits per heavy atom. The zero-order valence-electron chi connectivity index (χ0n) is 10.9. The number of carbonyl (C=O) groups excluding carboxylic acids is 1. The molecule has 4 nitrogen and oxygen atoms in total. The van der Waals surface area contributed by atoms with Gasteiger partial charge < -0.3 is 0 Å². The van der Waals surface area contributed by atoms with E-state index in [0.717, 1.165) is 18.2 Å². The molecule has 1 N–H and O–H groups in total. The van der Waals surface area contributed by atoms with Crippen LogP contribution in [0.15, 0.2) is 18.2 Å². The van der Waals surface area contributed by atoms with Gasteiger partial charge in [-0.05, 0) is 42.5 Å². The van der Waals surface area contributed by atoms with Crippen molar-refractivity contribution in [3.8, 4) is 0 Å². The molecular formula is C13H15F2NO3S. The van der Waals surface area contributed by atoms with Gasteiger partial charge in [-0.2, -0.15) is 0 Å². The molecule has 1 amide bonds. The van der Waals surface area contributed by atoms with Crippen LogP contribution in [-0.2, 0) is 14.8 Å². The molecule has 0 bridgehead atoms. The summed E-state index contributed by atoms with van der Waals surface area (Å²) in [5.41, 5.74) is 0.123. The van der Waals surface area contributed by atoms with Crippen LogP contribution in [0.2, 0.25) is 0 Å². The summed E-state index contributed by atoms with van der Waals surface area (Å²) in [4.78, 5) is 11.8. The first-order valence-corrected chi connectivity index (χ1v) is 7.98. The highest BCUT2D eigenvalue weighted by Crippen LogP contribution is 2.48. The predicted molar refractivity (Wildman–Crippen MR) is 69.4 cm³/mol. The van der Waals surface area contributed by atoms with E-state index in [-0.39, 0.29) is 11.3 Å². The average Bonchev–Trinajstić information content (AvgIpc) is 3.11. The third-order valence-electron chi connectivity index (χ3n) is 3.21. The minimum absolute atomic E-state index is 0.123. The molecule has 7 heteroatoms. The van der Waals surface area contributed by atoms with Gasteiger partial charge in [0.25, 0.3) is 0 Å². The van der Waals surface area contributed by atoms with Crippen molar-refractivity contribution in [2.45, 2.75) is 25.7 Å². The molecule has 1 aliphatic rings. The van der Waals surface area contributed by atoms with Crippen LogP contribution in [0.3, 0.4) is 0 Å². The number of hydrogen-bond acceptors (Lipinski definition) is 3. The second kappa shape index (κ2) is 5.47. The number of carbonyl (C=O) groups is 1. The molecular weight excluding hydrogens is 288 g/mol. The third kappa shape index (κ3) is 3.33. The second-order valence-corrected chi connectivity index (χ2v) is 6.74. The molecule has 110 valence electrons. The summed E-state index contributed by atoms with van der Waals surface area (Å²) >= 11 is 0. The van der Waals surface area contributed by atoms with E-state index >= 15 is 0 Å². The fraction of sp³-hybridized carbons (Fsp3) is 0.462. The summed E-state index contributed by atoms with van der Waals surface area (Å²) in [5, 5.41) is 0. The lowest BCUT2D eigenvalue weighted by Gasteiger charge is -2.06. The van der Waals surface area contributed by atoms with E-state index in [1.807, 2.05) is 4.72 Å². The summed E-state index contributed by atoms with van der Waals surface area (Å²) in [6.45, 7) is 1.69. The van der Waals surface area contributed by atoms with Crippen LogP contribution in [-0.4, -0.2) is 20.1 Å². The highest BCUT2D eigenvalue weighted by Gasteiger charge is 2.46. The molecule has 2 atom stereocenters. The van der Waals surface area contributed by atoms with Gasteiger partial charge in [0.15, 0.2) is 0 Å². The monoisotopic (exact) mass is 303 g/mol. The number of halogens is 2. The summed E-state index contributed by atoms with van der Waals surface area (Å²) in [7, 11) is -3.63. The Morgan fingerprint density at radius 1 is 1.40 bits per heavy atom. The molecule has 0 saturated heterocycles. The van der Waals surface area contributed by atoms with Crippen molar-refractivity contribution in [2.75, 3.05) is 5.75 Å². The molecule has 1 fully saturated rings. The lowest BCUT2D eigenvalue weighted by atomic mass is 10.1. The molecule has 1 aromatic carbocycles. The maximum Gasteiger partial charge on any atom is 0.237 e. The molecule has 2 rings (SSSR count). The van der Waals surface area contributed by atoms with Crippen LogP contribution in [0.25, 0.3) is 0 Å². The van der Waals surface area contributed by atoms with Gasteiger partial charge in [0.1, 0.15) is 11.6 Å². The van der Waals surface area contributed by atoms with Gasteiger partial charge in [-0.25, -0.2) is 17.2 Å². The Balaban J connectivity index is 2.05. The molecule has 1 aromatic rings. The maximum absolute atomic E-state index is 13.5. The standard InChI is InChI=1S/C13H15F2NO3S/c1-2-5-20(18,19)16-13(17)11-7-9(11)10-6-8(14)3-4-12(10)15/h3-4,6,9,11H,2,5,7H2,1H3,(H,16,17)/t9-,11-/m1/s1. The van der Waals surface area contributed by atoms with Gasteiger partial charge in [0.05, 0.1) is 5.75 Å². The normalized spacial score (nSPS) is 21.6. The van der Waals surface area contributed by atoms with Crippen molar-refractivity contribution >= 4 is 15.9 Å². The fourth-order valence-electron chi connectivity index (χ4n) is 2.18. The van der Waals surface area contributed by atoms with Crippen LogP contribution in [0, 0.1) is 17.6 Å². The van der Waals surface area contributed by atoms with Gasteiger partial charge in [-0.3, -0.25) is 9.52 Å². The Hall–Kier alpha value is -1.50. The Labute approximate surface area is 116 Å². The predicted octanol–water partition coefficient (Wildman–Crippen LogP) is 1.92. The van der Waals surface area contributed by atoms with Gasteiger partial charge in [0, 0.05) is 5.92 Å². The summed E-state index contributed by atoms with van der Waals surface area (Å²) in [5.74, 6) is -3.01. The number of hydrogen-bond donors (Lipinski definition) is 1. The smallest absolute Gasteiger partial charge is 0.237 e. The molecule has 1 saturated carbocycles. The van der Waals surface area contributed by atoms with Crippen molar-refractivity contribution in [1.29, 1.82) is 0 Å². The summed E-state index contributed by atoms with van der Waals surface area (Å²) < 4.78 is 51.5. The molecule has 1 aliphatic carbocycles. The number of nitrogens with one attached hydrogen (secondary N) is 1. The summed E-state index contributed by atoms with van der Waals surface area (Å²) in [6, 6.07) is 3.06. The van der Waals surface area contributed by atoms with Crippen LogP contribution >= 0.6 is 0 Å². The Bertz CT molecular complexity index is 631. The van der Waals surface area contributed by atoms with Crippen LogP contribution in [0.5, 0.6) is 0 Å². The van der Waals surface area contributed by atoms with Crippen LogP contribution in [0.1, 0.15) is 31.2 Å². The van der Waals surface area contributed by atoms with Gasteiger partial charge in [-0.15, -0.1) is 0 Å². The van der Waals surface area contributed by atoms with Crippen molar-refractivity contribution in [1.82, 2.24) is 4.72 Å². The molecule has 0 aliphatic heterocycles. The summed E-state index contributed by atoms with van der Waals surface area (Å²) in [6.07, 6.45) is 0.725. The number of sulfonamides is 1. The van der Waals surface area contributed by atoms with Crippen molar-refractivity contribution in [2.24, 2.45) is 5.92 Å². The first kappa shape index (κ1) is 14.9. The SMILES string of the molecule is CCCS(=O)(=O)NC(=O)[C@@H]1C[C@@H]1c1cc(F)ccc1F. The van der Waals surface area contributed by atoms with E-state index in [9.17, 15) is 22.0 Å². The quantitative estimate of drug-likeness (QED) is 0.904. The number of benzene rings is 1. The number of rotatable bonds is 5. The lowest BCUT2D eigenvalue weighted by Crippen LogP contribution is -2.33. The molecule has 0 heterocycles. The van der Waals surface area contributed by atoms with E-state index in [1.54, 1.807) is 6.92 Å². The maximum atomic E-state index is 13.5. The average molecular weight is 303 g/mol. The van der Waals surface area contributed by atoms with Gasteiger partial charge >= 0.3 is 0 Å². The fourth-order valence-corrected chi connectivity index (χ4v) is 3.27. The van der Waals surface area contributed by atoms with Gasteiger partial charge in [0.2, 0.25) is 15.9 Å². The largest absolute Gasteiger partial charge is 0.274 e. The van der Waals surface area contributed by atoms with Crippen LogP contribution in [0.4, 0.5) is 8.78 Å². The third-order valence-corrected chi connectivity index (χ3v) is 4.67. The Kier molecular flexibility index (Phi) is 4.08. The zero-order chi connectivity index (χ0) is 14.9. The van der Waals surface area contributed by atoms with E-state index in [2.05, 4.69) is 0 Å². The lowest BCUT2D eigenvalue weighted by molar-refractivity contribution is -0.120. The van der Waals surface area contributed by atoms with Crippen molar-refractivity contribution < 1.29 is 22.0 Å². The van der Waals surface area contributed by atoms with Crippen molar-refractivity contribution in [3.05, 3.63) is 35.4 Å². The molecule has 0 radical (unpaired) electrons. The highest BCUT2D eigenvalue weighted by molar-refractivity contribution is 7.90. The minimum atomic E-state index is -3.63. The highest BCUT2D eigenvalue weighted by atomic mass is 32.2.